The smallest absolute Gasteiger partial charge is 0.198 e. The van der Waals surface area contributed by atoms with Gasteiger partial charge >= 0.3 is 0 Å². The van der Waals surface area contributed by atoms with Crippen LogP contribution in [-0.4, -0.2) is 0 Å². The van der Waals surface area contributed by atoms with Crippen molar-refractivity contribution in [3.63, 3.8) is 0 Å². The summed E-state index contributed by atoms with van der Waals surface area (Å²) < 4.78 is 5.64. The first-order valence-electron chi connectivity index (χ1n) is 5.28. The molecule has 1 fully saturated rings. The van der Waals surface area contributed by atoms with Crippen LogP contribution in [0.3, 0.4) is 0 Å². The highest BCUT2D eigenvalue weighted by Crippen LogP contribution is 2.59. The number of benzene rings is 2. The SMILES string of the molecule is ClC1(c2ccccc2)OC1c1ccccc1. The molecule has 2 aromatic rings. The Morgan fingerprint density at radius 3 is 2.06 bits per heavy atom. The molecule has 16 heavy (non-hydrogen) atoms. The van der Waals surface area contributed by atoms with Crippen molar-refractivity contribution in [3.05, 3.63) is 71.8 Å². The van der Waals surface area contributed by atoms with Crippen LogP contribution in [0.5, 0.6) is 0 Å². The Morgan fingerprint density at radius 1 is 0.875 bits per heavy atom. The molecule has 0 N–H and O–H groups in total. The number of hydrogen-bond donors (Lipinski definition) is 0. The summed E-state index contributed by atoms with van der Waals surface area (Å²) in [6.07, 6.45) is -0.0298. The zero-order chi connectivity index (χ0) is 11.0. The lowest BCUT2D eigenvalue weighted by atomic mass is 10.0. The highest BCUT2D eigenvalue weighted by Gasteiger charge is 2.57. The number of halogens is 1. The summed E-state index contributed by atoms with van der Waals surface area (Å²) in [5, 5.41) is -0.664. The molecule has 0 spiro atoms. The third kappa shape index (κ3) is 1.53. The normalized spacial score (nSPS) is 27.7. The van der Waals surface area contributed by atoms with Crippen molar-refractivity contribution >= 4 is 11.6 Å². The van der Waals surface area contributed by atoms with E-state index in [0.717, 1.165) is 11.1 Å². The molecule has 3 rings (SSSR count). The van der Waals surface area contributed by atoms with Crippen LogP contribution in [0, 0.1) is 0 Å². The fourth-order valence-electron chi connectivity index (χ4n) is 1.93. The largest absolute Gasteiger partial charge is 0.340 e. The molecule has 2 heteroatoms. The molecule has 1 nitrogen and oxygen atoms in total. The molecule has 0 saturated carbocycles. The number of hydrogen-bond acceptors (Lipinski definition) is 1. The highest BCUT2D eigenvalue weighted by atomic mass is 35.5. The molecule has 0 aromatic heterocycles. The fraction of sp³-hybridized carbons (Fsp3) is 0.143. The lowest BCUT2D eigenvalue weighted by molar-refractivity contribution is 0.357. The van der Waals surface area contributed by atoms with E-state index >= 15 is 0 Å². The molecule has 0 aliphatic carbocycles. The second-order valence-electron chi connectivity index (χ2n) is 3.92. The van der Waals surface area contributed by atoms with Crippen LogP contribution in [0.25, 0.3) is 0 Å². The van der Waals surface area contributed by atoms with E-state index < -0.39 is 5.06 Å². The summed E-state index contributed by atoms with van der Waals surface area (Å²) in [4.78, 5) is 0. The highest BCUT2D eigenvalue weighted by molar-refractivity contribution is 6.25. The zero-order valence-electron chi connectivity index (χ0n) is 8.64. The molecule has 1 saturated heterocycles. The quantitative estimate of drug-likeness (QED) is 0.564. The van der Waals surface area contributed by atoms with Gasteiger partial charge in [0.15, 0.2) is 5.06 Å². The van der Waals surface area contributed by atoms with E-state index in [1.54, 1.807) is 0 Å². The number of epoxide rings is 1. The first-order chi connectivity index (χ1) is 7.81. The van der Waals surface area contributed by atoms with Gasteiger partial charge in [0.2, 0.25) is 0 Å². The third-order valence-corrected chi connectivity index (χ3v) is 3.34. The predicted molar refractivity (Wildman–Crippen MR) is 64.2 cm³/mol. The van der Waals surface area contributed by atoms with E-state index in [9.17, 15) is 0 Å². The predicted octanol–water partition coefficient (Wildman–Crippen LogP) is 3.85. The minimum atomic E-state index is -0.664. The van der Waals surface area contributed by atoms with Gasteiger partial charge in [-0.1, -0.05) is 72.3 Å². The maximum absolute atomic E-state index is 6.45. The molecule has 0 amide bonds. The number of alkyl halides is 1. The van der Waals surface area contributed by atoms with Crippen molar-refractivity contribution in [1.29, 1.82) is 0 Å². The Hall–Kier alpha value is -1.31. The second kappa shape index (κ2) is 3.62. The van der Waals surface area contributed by atoms with Gasteiger partial charge in [0.1, 0.15) is 6.10 Å². The van der Waals surface area contributed by atoms with E-state index in [1.165, 1.54) is 0 Å². The van der Waals surface area contributed by atoms with Gasteiger partial charge in [-0.25, -0.2) is 0 Å². The first kappa shape index (κ1) is 9.88. The average molecular weight is 231 g/mol. The molecule has 2 unspecified atom stereocenters. The van der Waals surface area contributed by atoms with Crippen LogP contribution in [0.15, 0.2) is 60.7 Å². The summed E-state index contributed by atoms with van der Waals surface area (Å²) >= 11 is 6.45. The van der Waals surface area contributed by atoms with E-state index in [4.69, 9.17) is 16.3 Å². The van der Waals surface area contributed by atoms with Gasteiger partial charge in [-0.2, -0.15) is 0 Å². The molecule has 2 aromatic carbocycles. The Balaban J connectivity index is 1.90. The van der Waals surface area contributed by atoms with Gasteiger partial charge in [0.25, 0.3) is 0 Å². The molecule has 80 valence electrons. The molecular weight excluding hydrogens is 220 g/mol. The topological polar surface area (TPSA) is 12.5 Å². The molecular formula is C14H11ClO. The van der Waals surface area contributed by atoms with Crippen LogP contribution >= 0.6 is 11.6 Å². The molecule has 0 radical (unpaired) electrons. The van der Waals surface area contributed by atoms with E-state index in [-0.39, 0.29) is 6.10 Å². The first-order valence-corrected chi connectivity index (χ1v) is 5.66. The second-order valence-corrected chi connectivity index (χ2v) is 4.48. The van der Waals surface area contributed by atoms with E-state index in [1.807, 2.05) is 60.7 Å². The van der Waals surface area contributed by atoms with E-state index in [0.29, 0.717) is 0 Å². The summed E-state index contributed by atoms with van der Waals surface area (Å²) in [7, 11) is 0. The van der Waals surface area contributed by atoms with Crippen LogP contribution in [0.4, 0.5) is 0 Å². The van der Waals surface area contributed by atoms with E-state index in [2.05, 4.69) is 0 Å². The molecule has 0 bridgehead atoms. The minimum absolute atomic E-state index is 0.0298. The zero-order valence-corrected chi connectivity index (χ0v) is 9.39. The number of rotatable bonds is 2. The van der Waals surface area contributed by atoms with Crippen molar-refractivity contribution in [2.45, 2.75) is 11.2 Å². The minimum Gasteiger partial charge on any atom is -0.340 e. The summed E-state index contributed by atoms with van der Waals surface area (Å²) in [6, 6.07) is 20.0. The van der Waals surface area contributed by atoms with Gasteiger partial charge in [-0.05, 0) is 5.56 Å². The monoisotopic (exact) mass is 230 g/mol. The van der Waals surface area contributed by atoms with Crippen molar-refractivity contribution in [3.8, 4) is 0 Å². The van der Waals surface area contributed by atoms with Gasteiger partial charge in [-0.3, -0.25) is 0 Å². The van der Waals surface area contributed by atoms with Crippen molar-refractivity contribution < 1.29 is 4.74 Å². The molecule has 2 atom stereocenters. The van der Waals surface area contributed by atoms with Gasteiger partial charge in [-0.15, -0.1) is 0 Å². The van der Waals surface area contributed by atoms with Crippen LogP contribution in [-0.2, 0) is 9.80 Å². The van der Waals surface area contributed by atoms with Crippen molar-refractivity contribution in [1.82, 2.24) is 0 Å². The maximum Gasteiger partial charge on any atom is 0.198 e. The lowest BCUT2D eigenvalue weighted by Crippen LogP contribution is -1.99. The van der Waals surface area contributed by atoms with Crippen molar-refractivity contribution in [2.24, 2.45) is 0 Å². The molecule has 1 aliphatic heterocycles. The Labute approximate surface area is 99.6 Å². The maximum atomic E-state index is 6.45. The molecule has 1 heterocycles. The summed E-state index contributed by atoms with van der Waals surface area (Å²) in [5.74, 6) is 0. The summed E-state index contributed by atoms with van der Waals surface area (Å²) in [5.41, 5.74) is 2.15. The standard InChI is InChI=1S/C14H11ClO/c15-14(12-9-5-2-6-10-12)13(16-14)11-7-3-1-4-8-11/h1-10,13H. The van der Waals surface area contributed by atoms with Crippen molar-refractivity contribution in [2.75, 3.05) is 0 Å². The van der Waals surface area contributed by atoms with Gasteiger partial charge in [0.05, 0.1) is 0 Å². The Morgan fingerprint density at radius 2 is 1.44 bits per heavy atom. The lowest BCUT2D eigenvalue weighted by Gasteiger charge is -2.03. The van der Waals surface area contributed by atoms with Gasteiger partial charge < -0.3 is 4.74 Å². The Kier molecular flexibility index (Phi) is 2.23. The van der Waals surface area contributed by atoms with Crippen LogP contribution in [0.1, 0.15) is 17.2 Å². The van der Waals surface area contributed by atoms with Crippen LogP contribution in [0.2, 0.25) is 0 Å². The number of ether oxygens (including phenoxy) is 1. The molecule has 1 aliphatic rings. The Bertz CT molecular complexity index is 483. The fourth-order valence-corrected chi connectivity index (χ4v) is 2.27. The van der Waals surface area contributed by atoms with Gasteiger partial charge in [0, 0.05) is 5.56 Å². The van der Waals surface area contributed by atoms with Crippen LogP contribution < -0.4 is 0 Å². The summed E-state index contributed by atoms with van der Waals surface area (Å²) in [6.45, 7) is 0. The average Bonchev–Trinajstić information content (AvgIpc) is 3.06. The third-order valence-electron chi connectivity index (χ3n) is 2.84.